The number of hydrogen-bond acceptors (Lipinski definition) is 2. The lowest BCUT2D eigenvalue weighted by Gasteiger charge is -2.18. The van der Waals surface area contributed by atoms with Crippen molar-refractivity contribution in [3.63, 3.8) is 0 Å². The topological polar surface area (TPSA) is 38.3 Å². The Kier molecular flexibility index (Phi) is 6.04. The van der Waals surface area contributed by atoms with Crippen molar-refractivity contribution < 1.29 is 9.53 Å². The Bertz CT molecular complexity index is 713. The summed E-state index contributed by atoms with van der Waals surface area (Å²) in [7, 11) is 0. The van der Waals surface area contributed by atoms with Crippen molar-refractivity contribution in [2.75, 3.05) is 5.32 Å². The molecule has 0 bridgehead atoms. The summed E-state index contributed by atoms with van der Waals surface area (Å²) in [6.07, 6.45) is 0.109. The van der Waals surface area contributed by atoms with Gasteiger partial charge >= 0.3 is 0 Å². The van der Waals surface area contributed by atoms with Gasteiger partial charge in [0.05, 0.1) is 0 Å². The van der Waals surface area contributed by atoms with E-state index in [-0.39, 0.29) is 5.91 Å². The molecule has 0 aliphatic heterocycles. The van der Waals surface area contributed by atoms with Crippen LogP contribution in [0.4, 0.5) is 5.69 Å². The zero-order valence-corrected chi connectivity index (χ0v) is 16.1. The van der Waals surface area contributed by atoms with Crippen LogP contribution < -0.4 is 10.1 Å². The average molecular weight is 423 g/mol. The number of anilines is 1. The largest absolute Gasteiger partial charge is 0.481 e. The molecule has 2 aromatic carbocycles. The number of halogens is 1. The quantitative estimate of drug-likeness (QED) is 0.687. The molecule has 0 fully saturated rings. The van der Waals surface area contributed by atoms with Crippen molar-refractivity contribution in [2.45, 2.75) is 40.2 Å². The van der Waals surface area contributed by atoms with E-state index in [1.54, 1.807) is 0 Å². The Morgan fingerprint density at radius 3 is 2.43 bits per heavy atom. The zero-order valence-electron chi connectivity index (χ0n) is 13.9. The number of rotatable bonds is 5. The van der Waals surface area contributed by atoms with Gasteiger partial charge in [-0.05, 0) is 96.8 Å². The number of ether oxygens (including phenoxy) is 1. The summed E-state index contributed by atoms with van der Waals surface area (Å²) >= 11 is 2.26. The molecule has 23 heavy (non-hydrogen) atoms. The lowest BCUT2D eigenvalue weighted by molar-refractivity contribution is -0.122. The highest BCUT2D eigenvalue weighted by atomic mass is 127. The Hall–Kier alpha value is -1.56. The van der Waals surface area contributed by atoms with Gasteiger partial charge in [0.15, 0.2) is 6.10 Å². The first-order valence-corrected chi connectivity index (χ1v) is 8.79. The van der Waals surface area contributed by atoms with Crippen LogP contribution in [0.2, 0.25) is 0 Å². The average Bonchev–Trinajstić information content (AvgIpc) is 2.51. The van der Waals surface area contributed by atoms with Gasteiger partial charge in [0.1, 0.15) is 5.75 Å². The molecule has 1 amide bonds. The normalized spacial score (nSPS) is 11.9. The van der Waals surface area contributed by atoms with Crippen molar-refractivity contribution in [3.8, 4) is 5.75 Å². The zero-order chi connectivity index (χ0) is 17.0. The van der Waals surface area contributed by atoms with Gasteiger partial charge in [0, 0.05) is 9.26 Å². The van der Waals surface area contributed by atoms with Gasteiger partial charge in [-0.25, -0.2) is 0 Å². The highest BCUT2D eigenvalue weighted by Crippen LogP contribution is 2.21. The molecule has 0 aromatic heterocycles. The smallest absolute Gasteiger partial charge is 0.265 e. The number of carbonyl (C=O) groups excluding carboxylic acids is 1. The number of nitrogens with one attached hydrogen (secondary N) is 1. The summed E-state index contributed by atoms with van der Waals surface area (Å²) in [5.41, 5.74) is 4.25. The maximum atomic E-state index is 12.5. The van der Waals surface area contributed by atoms with Crippen LogP contribution in [-0.2, 0) is 4.79 Å². The minimum atomic E-state index is -0.504. The summed E-state index contributed by atoms with van der Waals surface area (Å²) in [5.74, 6) is 0.615. The van der Waals surface area contributed by atoms with Crippen molar-refractivity contribution >= 4 is 34.2 Å². The van der Waals surface area contributed by atoms with E-state index in [9.17, 15) is 4.79 Å². The predicted molar refractivity (Wildman–Crippen MR) is 103 cm³/mol. The molecule has 1 N–H and O–H groups in total. The van der Waals surface area contributed by atoms with E-state index in [0.717, 1.165) is 26.1 Å². The second kappa shape index (κ2) is 7.81. The van der Waals surface area contributed by atoms with Crippen LogP contribution in [0, 0.1) is 24.3 Å². The molecule has 2 rings (SSSR count). The molecule has 0 spiro atoms. The van der Waals surface area contributed by atoms with Gasteiger partial charge in [-0.15, -0.1) is 0 Å². The summed E-state index contributed by atoms with van der Waals surface area (Å²) < 4.78 is 7.03. The summed E-state index contributed by atoms with van der Waals surface area (Å²) in [5, 5.41) is 2.97. The van der Waals surface area contributed by atoms with Crippen LogP contribution in [0.15, 0.2) is 36.4 Å². The molecular weight excluding hydrogens is 401 g/mol. The minimum Gasteiger partial charge on any atom is -0.481 e. The molecule has 0 saturated carbocycles. The molecule has 0 unspecified atom stereocenters. The monoisotopic (exact) mass is 423 g/mol. The molecule has 122 valence electrons. The molecular formula is C19H22INO2. The highest BCUT2D eigenvalue weighted by molar-refractivity contribution is 14.1. The van der Waals surface area contributed by atoms with Crippen LogP contribution >= 0.6 is 22.6 Å². The Balaban J connectivity index is 2.10. The number of aryl methyl sites for hydroxylation is 3. The maximum Gasteiger partial charge on any atom is 0.265 e. The fourth-order valence-electron chi connectivity index (χ4n) is 2.25. The second-order valence-corrected chi connectivity index (χ2v) is 6.95. The lowest BCUT2D eigenvalue weighted by atomic mass is 10.1. The van der Waals surface area contributed by atoms with Crippen molar-refractivity contribution in [2.24, 2.45) is 0 Å². The number of amides is 1. The van der Waals surface area contributed by atoms with Crippen molar-refractivity contribution in [1.29, 1.82) is 0 Å². The number of hydrogen-bond donors (Lipinski definition) is 1. The number of carbonyl (C=O) groups is 1. The molecule has 0 radical (unpaired) electrons. The van der Waals surface area contributed by atoms with Crippen LogP contribution in [0.5, 0.6) is 5.75 Å². The van der Waals surface area contributed by atoms with Gasteiger partial charge in [0.2, 0.25) is 0 Å². The third kappa shape index (κ3) is 4.70. The van der Waals surface area contributed by atoms with E-state index in [4.69, 9.17) is 4.74 Å². The Labute approximate surface area is 151 Å². The molecule has 2 aromatic rings. The van der Waals surface area contributed by atoms with E-state index >= 15 is 0 Å². The van der Waals surface area contributed by atoms with Crippen LogP contribution in [-0.4, -0.2) is 12.0 Å². The Morgan fingerprint density at radius 1 is 1.09 bits per heavy atom. The first kappa shape index (κ1) is 17.8. The van der Waals surface area contributed by atoms with E-state index < -0.39 is 6.10 Å². The predicted octanol–water partition coefficient (Wildman–Crippen LogP) is 5.01. The second-order valence-electron chi connectivity index (χ2n) is 5.71. The van der Waals surface area contributed by atoms with Gasteiger partial charge in [0.25, 0.3) is 5.91 Å². The first-order chi connectivity index (χ1) is 10.9. The molecule has 3 nitrogen and oxygen atoms in total. The molecule has 0 heterocycles. The lowest BCUT2D eigenvalue weighted by Crippen LogP contribution is -2.32. The molecule has 1 atom stereocenters. The molecule has 0 saturated heterocycles. The van der Waals surface area contributed by atoms with Crippen LogP contribution in [0.1, 0.15) is 30.0 Å². The fraction of sp³-hybridized carbons (Fsp3) is 0.316. The summed E-state index contributed by atoms with van der Waals surface area (Å²) in [6, 6.07) is 11.8. The number of benzene rings is 2. The fourth-order valence-corrected chi connectivity index (χ4v) is 2.90. The molecule has 0 aliphatic carbocycles. The van der Waals surface area contributed by atoms with Gasteiger partial charge in [-0.3, -0.25) is 4.79 Å². The standard InChI is InChI=1S/C19H22INO2/c1-5-18(23-16-8-6-12(2)13(3)11-16)19(22)21-17-9-7-15(20)10-14(17)4/h6-11,18H,5H2,1-4H3,(H,21,22)/t18-/m1/s1. The van der Waals surface area contributed by atoms with Crippen LogP contribution in [0.3, 0.4) is 0 Å². The maximum absolute atomic E-state index is 12.5. The highest BCUT2D eigenvalue weighted by Gasteiger charge is 2.19. The first-order valence-electron chi connectivity index (χ1n) is 7.71. The van der Waals surface area contributed by atoms with Crippen molar-refractivity contribution in [1.82, 2.24) is 0 Å². The third-order valence-electron chi connectivity index (χ3n) is 3.87. The molecule has 4 heteroatoms. The van der Waals surface area contributed by atoms with E-state index in [0.29, 0.717) is 6.42 Å². The Morgan fingerprint density at radius 2 is 1.83 bits per heavy atom. The summed E-state index contributed by atoms with van der Waals surface area (Å²) in [4.78, 5) is 12.5. The SMILES string of the molecule is CC[C@@H](Oc1ccc(C)c(C)c1)C(=O)Nc1ccc(I)cc1C. The van der Waals surface area contributed by atoms with Gasteiger partial charge in [-0.1, -0.05) is 13.0 Å². The van der Waals surface area contributed by atoms with Crippen molar-refractivity contribution in [3.05, 3.63) is 56.7 Å². The van der Waals surface area contributed by atoms with Gasteiger partial charge in [-0.2, -0.15) is 0 Å². The van der Waals surface area contributed by atoms with Gasteiger partial charge < -0.3 is 10.1 Å². The minimum absolute atomic E-state index is 0.116. The third-order valence-corrected chi connectivity index (χ3v) is 4.54. The van der Waals surface area contributed by atoms with Crippen LogP contribution in [0.25, 0.3) is 0 Å². The van der Waals surface area contributed by atoms with E-state index in [1.165, 1.54) is 5.56 Å². The van der Waals surface area contributed by atoms with E-state index in [2.05, 4.69) is 34.8 Å². The molecule has 0 aliphatic rings. The van der Waals surface area contributed by atoms with E-state index in [1.807, 2.05) is 57.2 Å². The summed E-state index contributed by atoms with van der Waals surface area (Å²) in [6.45, 7) is 8.04.